The van der Waals surface area contributed by atoms with Crippen molar-refractivity contribution in [1.29, 1.82) is 0 Å². The largest absolute Gasteiger partial charge is 0.466 e. The predicted molar refractivity (Wildman–Crippen MR) is 112 cm³/mol. The Labute approximate surface area is 173 Å². The second-order valence-electron chi connectivity index (χ2n) is 8.75. The molecule has 0 aromatic heterocycles. The summed E-state index contributed by atoms with van der Waals surface area (Å²) >= 11 is 0. The van der Waals surface area contributed by atoms with E-state index >= 15 is 0 Å². The molecule has 2 aliphatic rings. The first-order valence-electron chi connectivity index (χ1n) is 10.8. The van der Waals surface area contributed by atoms with Gasteiger partial charge in [0.15, 0.2) is 0 Å². The number of rotatable bonds is 5. The molecule has 2 aliphatic heterocycles. The van der Waals surface area contributed by atoms with Crippen LogP contribution in [0.2, 0.25) is 0 Å². The molecule has 1 N–H and O–H groups in total. The van der Waals surface area contributed by atoms with Crippen LogP contribution in [0.15, 0.2) is 24.3 Å². The van der Waals surface area contributed by atoms with Gasteiger partial charge >= 0.3 is 5.97 Å². The summed E-state index contributed by atoms with van der Waals surface area (Å²) < 4.78 is 5.21. The third kappa shape index (κ3) is 5.37. The molecule has 0 spiro atoms. The Bertz CT molecular complexity index is 703. The monoisotopic (exact) mass is 402 g/mol. The predicted octanol–water partition coefficient (Wildman–Crippen LogP) is 2.79. The summed E-state index contributed by atoms with van der Waals surface area (Å²) in [6, 6.07) is 7.67. The SMILES string of the molecule is CCOC(=O)C1CCCN(C2CCN(C(=O)c3ccc(C(C)(C)O)cc3)CC2)C1. The first kappa shape index (κ1) is 21.8. The quantitative estimate of drug-likeness (QED) is 0.767. The third-order valence-corrected chi connectivity index (χ3v) is 6.18. The summed E-state index contributed by atoms with van der Waals surface area (Å²) in [5.74, 6) is -0.0363. The Kier molecular flexibility index (Phi) is 6.96. The Morgan fingerprint density at radius 1 is 1.10 bits per heavy atom. The molecule has 2 fully saturated rings. The summed E-state index contributed by atoms with van der Waals surface area (Å²) in [5.41, 5.74) is 0.557. The molecule has 0 saturated carbocycles. The fourth-order valence-corrected chi connectivity index (χ4v) is 4.43. The normalized spacial score (nSPS) is 21.8. The van der Waals surface area contributed by atoms with Crippen LogP contribution in [0.4, 0.5) is 0 Å². The van der Waals surface area contributed by atoms with E-state index in [9.17, 15) is 14.7 Å². The zero-order chi connectivity index (χ0) is 21.0. The molecule has 6 heteroatoms. The summed E-state index contributed by atoms with van der Waals surface area (Å²) in [7, 11) is 0. The average molecular weight is 403 g/mol. The number of ether oxygens (including phenoxy) is 1. The lowest BCUT2D eigenvalue weighted by Gasteiger charge is -2.41. The number of likely N-dealkylation sites (tertiary alicyclic amines) is 2. The van der Waals surface area contributed by atoms with Gasteiger partial charge in [-0.05, 0) is 70.7 Å². The van der Waals surface area contributed by atoms with E-state index < -0.39 is 5.60 Å². The van der Waals surface area contributed by atoms with Crippen molar-refractivity contribution in [3.8, 4) is 0 Å². The van der Waals surface area contributed by atoms with Gasteiger partial charge in [-0.25, -0.2) is 0 Å². The first-order valence-corrected chi connectivity index (χ1v) is 10.8. The van der Waals surface area contributed by atoms with Gasteiger partial charge in [-0.15, -0.1) is 0 Å². The summed E-state index contributed by atoms with van der Waals surface area (Å²) in [6.07, 6.45) is 3.80. The third-order valence-electron chi connectivity index (χ3n) is 6.18. The fourth-order valence-electron chi connectivity index (χ4n) is 4.43. The Morgan fingerprint density at radius 3 is 2.34 bits per heavy atom. The molecule has 0 aliphatic carbocycles. The van der Waals surface area contributed by atoms with Crippen LogP contribution in [0.1, 0.15) is 62.4 Å². The van der Waals surface area contributed by atoms with Gasteiger partial charge < -0.3 is 14.7 Å². The van der Waals surface area contributed by atoms with Crippen LogP contribution >= 0.6 is 0 Å². The second-order valence-corrected chi connectivity index (χ2v) is 8.75. The number of benzene rings is 1. The molecule has 1 atom stereocenters. The van der Waals surface area contributed by atoms with Crippen molar-refractivity contribution in [2.24, 2.45) is 5.92 Å². The van der Waals surface area contributed by atoms with Gasteiger partial charge in [0.2, 0.25) is 0 Å². The van der Waals surface area contributed by atoms with Gasteiger partial charge in [-0.1, -0.05) is 12.1 Å². The van der Waals surface area contributed by atoms with E-state index in [4.69, 9.17) is 4.74 Å². The minimum Gasteiger partial charge on any atom is -0.466 e. The number of amides is 1. The summed E-state index contributed by atoms with van der Waals surface area (Å²) in [5, 5.41) is 10.1. The van der Waals surface area contributed by atoms with E-state index in [0.29, 0.717) is 18.2 Å². The fraction of sp³-hybridized carbons (Fsp3) is 0.652. The molecule has 1 amide bonds. The number of carbonyl (C=O) groups excluding carboxylic acids is 2. The Balaban J connectivity index is 1.53. The number of piperidine rings is 2. The molecule has 2 heterocycles. The molecule has 0 radical (unpaired) electrons. The maximum absolute atomic E-state index is 12.8. The minimum absolute atomic E-state index is 0.0161. The van der Waals surface area contributed by atoms with E-state index in [1.54, 1.807) is 26.0 Å². The second kappa shape index (κ2) is 9.26. The summed E-state index contributed by atoms with van der Waals surface area (Å²) in [4.78, 5) is 29.3. The van der Waals surface area contributed by atoms with Crippen LogP contribution in [0, 0.1) is 5.92 Å². The lowest BCUT2D eigenvalue weighted by molar-refractivity contribution is -0.150. The van der Waals surface area contributed by atoms with Gasteiger partial charge in [-0.3, -0.25) is 14.5 Å². The van der Waals surface area contributed by atoms with Crippen LogP contribution in [0.3, 0.4) is 0 Å². The highest BCUT2D eigenvalue weighted by Gasteiger charge is 2.33. The van der Waals surface area contributed by atoms with E-state index in [-0.39, 0.29) is 17.8 Å². The standard InChI is InChI=1S/C23H34N2O4/c1-4-29-22(27)18-6-5-13-25(16-18)20-11-14-24(15-12-20)21(26)17-7-9-19(10-8-17)23(2,3)28/h7-10,18,20,28H,4-6,11-16H2,1-3H3. The molecule has 0 bridgehead atoms. The van der Waals surface area contributed by atoms with Crippen molar-refractivity contribution in [1.82, 2.24) is 9.80 Å². The van der Waals surface area contributed by atoms with E-state index in [1.165, 1.54) is 0 Å². The zero-order valence-electron chi connectivity index (χ0n) is 17.9. The van der Waals surface area contributed by atoms with Crippen LogP contribution in [-0.4, -0.2) is 65.6 Å². The van der Waals surface area contributed by atoms with Crippen LogP contribution in [0.5, 0.6) is 0 Å². The molecule has 1 aromatic carbocycles. The van der Waals surface area contributed by atoms with Crippen molar-refractivity contribution in [3.63, 3.8) is 0 Å². The van der Waals surface area contributed by atoms with Crippen molar-refractivity contribution < 1.29 is 19.4 Å². The van der Waals surface area contributed by atoms with Crippen LogP contribution < -0.4 is 0 Å². The Hall–Kier alpha value is -1.92. The van der Waals surface area contributed by atoms with Crippen molar-refractivity contribution in [2.75, 3.05) is 32.8 Å². The maximum Gasteiger partial charge on any atom is 0.310 e. The molecule has 2 saturated heterocycles. The lowest BCUT2D eigenvalue weighted by atomic mass is 9.93. The number of nitrogens with zero attached hydrogens (tertiary/aromatic N) is 2. The zero-order valence-corrected chi connectivity index (χ0v) is 17.9. The maximum atomic E-state index is 12.8. The van der Waals surface area contributed by atoms with E-state index in [1.807, 2.05) is 24.0 Å². The highest BCUT2D eigenvalue weighted by molar-refractivity contribution is 5.94. The lowest BCUT2D eigenvalue weighted by Crippen LogP contribution is -2.50. The number of hydrogen-bond acceptors (Lipinski definition) is 5. The van der Waals surface area contributed by atoms with Gasteiger partial charge in [-0.2, -0.15) is 0 Å². The number of aliphatic hydroxyl groups is 1. The molecule has 1 unspecified atom stereocenters. The first-order chi connectivity index (χ1) is 13.8. The summed E-state index contributed by atoms with van der Waals surface area (Å²) in [6.45, 7) is 9.02. The molecule has 160 valence electrons. The molecular weight excluding hydrogens is 368 g/mol. The van der Waals surface area contributed by atoms with Gasteiger partial charge in [0.1, 0.15) is 0 Å². The van der Waals surface area contributed by atoms with Crippen LogP contribution in [-0.2, 0) is 15.1 Å². The highest BCUT2D eigenvalue weighted by atomic mass is 16.5. The van der Waals surface area contributed by atoms with E-state index in [0.717, 1.165) is 57.4 Å². The van der Waals surface area contributed by atoms with Gasteiger partial charge in [0, 0.05) is 31.2 Å². The Morgan fingerprint density at radius 2 is 1.76 bits per heavy atom. The number of esters is 1. The topological polar surface area (TPSA) is 70.1 Å². The highest BCUT2D eigenvalue weighted by Crippen LogP contribution is 2.26. The molecule has 3 rings (SSSR count). The number of hydrogen-bond donors (Lipinski definition) is 1. The van der Waals surface area contributed by atoms with Crippen LogP contribution in [0.25, 0.3) is 0 Å². The molecule has 1 aromatic rings. The molecular formula is C23H34N2O4. The molecule has 29 heavy (non-hydrogen) atoms. The van der Waals surface area contributed by atoms with Gasteiger partial charge in [0.05, 0.1) is 18.1 Å². The number of carbonyl (C=O) groups is 2. The van der Waals surface area contributed by atoms with Crippen molar-refractivity contribution in [2.45, 2.75) is 58.1 Å². The average Bonchev–Trinajstić information content (AvgIpc) is 2.73. The minimum atomic E-state index is -0.907. The van der Waals surface area contributed by atoms with Crippen molar-refractivity contribution >= 4 is 11.9 Å². The molecule has 6 nitrogen and oxygen atoms in total. The van der Waals surface area contributed by atoms with Gasteiger partial charge in [0.25, 0.3) is 5.91 Å². The van der Waals surface area contributed by atoms with Crippen molar-refractivity contribution in [3.05, 3.63) is 35.4 Å². The smallest absolute Gasteiger partial charge is 0.310 e. The van der Waals surface area contributed by atoms with E-state index in [2.05, 4.69) is 4.90 Å².